The summed E-state index contributed by atoms with van der Waals surface area (Å²) in [5.41, 5.74) is 3.11. The molecule has 122 valence electrons. The van der Waals surface area contributed by atoms with Crippen LogP contribution in [0.25, 0.3) is 5.82 Å². The minimum atomic E-state index is -0.498. The van der Waals surface area contributed by atoms with Crippen LogP contribution in [0, 0.1) is 30.9 Å². The smallest absolute Gasteiger partial charge is 0.334 e. The Hall–Kier alpha value is -3.29. The number of nitrogens with one attached hydrogen (secondary N) is 1. The van der Waals surface area contributed by atoms with Gasteiger partial charge < -0.3 is 5.32 Å². The van der Waals surface area contributed by atoms with Crippen molar-refractivity contribution in [3.63, 3.8) is 0 Å². The van der Waals surface area contributed by atoms with Gasteiger partial charge in [-0.15, -0.1) is 0 Å². The lowest BCUT2D eigenvalue weighted by atomic mass is 10.2. The Morgan fingerprint density at radius 1 is 1.12 bits per heavy atom. The number of nitro groups is 1. The van der Waals surface area contributed by atoms with Crippen LogP contribution in [0.1, 0.15) is 17.0 Å². The normalized spacial score (nSPS) is 10.6. The molecule has 0 aliphatic carbocycles. The molecule has 24 heavy (non-hydrogen) atoms. The molecule has 0 unspecified atom stereocenters. The Labute approximate surface area is 138 Å². The van der Waals surface area contributed by atoms with Crippen molar-refractivity contribution in [2.24, 2.45) is 0 Å². The van der Waals surface area contributed by atoms with Crippen molar-refractivity contribution < 1.29 is 4.92 Å². The molecule has 0 atom stereocenters. The second-order valence-corrected chi connectivity index (χ2v) is 5.48. The third-order valence-electron chi connectivity index (χ3n) is 3.51. The third-order valence-corrected chi connectivity index (χ3v) is 3.51. The Balaban J connectivity index is 2.10. The Morgan fingerprint density at radius 2 is 1.83 bits per heavy atom. The molecule has 8 heteroatoms. The lowest BCUT2D eigenvalue weighted by Gasteiger charge is -2.09. The maximum absolute atomic E-state index is 11.6. The molecule has 2 aromatic heterocycles. The van der Waals surface area contributed by atoms with Gasteiger partial charge in [0.05, 0.1) is 10.6 Å². The van der Waals surface area contributed by atoms with E-state index in [2.05, 4.69) is 20.4 Å². The first-order valence-electron chi connectivity index (χ1n) is 7.32. The average Bonchev–Trinajstić information content (AvgIpc) is 2.87. The fraction of sp³-hybridized carbons (Fsp3) is 0.188. The van der Waals surface area contributed by atoms with E-state index in [4.69, 9.17) is 0 Å². The molecule has 2 heterocycles. The van der Waals surface area contributed by atoms with Gasteiger partial charge in [0, 0.05) is 11.4 Å². The predicted molar refractivity (Wildman–Crippen MR) is 89.7 cm³/mol. The highest BCUT2D eigenvalue weighted by Gasteiger charge is 2.26. The molecule has 0 bridgehead atoms. The number of aryl methyl sites for hydroxylation is 3. The van der Waals surface area contributed by atoms with E-state index in [9.17, 15) is 10.1 Å². The molecule has 3 rings (SSSR count). The van der Waals surface area contributed by atoms with Gasteiger partial charge in [0.25, 0.3) is 0 Å². The van der Waals surface area contributed by atoms with Crippen LogP contribution in [0.3, 0.4) is 0 Å². The van der Waals surface area contributed by atoms with E-state index in [1.54, 1.807) is 0 Å². The zero-order chi connectivity index (χ0) is 17.3. The molecule has 8 nitrogen and oxygen atoms in total. The van der Waals surface area contributed by atoms with Crippen molar-refractivity contribution in [2.45, 2.75) is 20.8 Å². The fourth-order valence-corrected chi connectivity index (χ4v) is 2.40. The van der Waals surface area contributed by atoms with E-state index in [0.29, 0.717) is 5.69 Å². The van der Waals surface area contributed by atoms with Crippen molar-refractivity contribution in [1.82, 2.24) is 19.7 Å². The highest BCUT2D eigenvalue weighted by molar-refractivity contribution is 5.70. The average molecular weight is 324 g/mol. The highest BCUT2D eigenvalue weighted by atomic mass is 16.6. The lowest BCUT2D eigenvalue weighted by Crippen LogP contribution is -2.09. The minimum Gasteiger partial charge on any atom is -0.334 e. The van der Waals surface area contributed by atoms with E-state index in [-0.39, 0.29) is 17.3 Å². The van der Waals surface area contributed by atoms with Gasteiger partial charge in [-0.2, -0.15) is 5.10 Å². The number of hydrogen-bond donors (Lipinski definition) is 1. The highest BCUT2D eigenvalue weighted by Crippen LogP contribution is 2.30. The SMILES string of the molecule is Cc1ccc(Nc2ncnc(-n3nc(C)cc3C)c2[N+](=O)[O-])cc1. The first-order valence-corrected chi connectivity index (χ1v) is 7.32. The van der Waals surface area contributed by atoms with Crippen molar-refractivity contribution in [3.8, 4) is 5.82 Å². The quantitative estimate of drug-likeness (QED) is 0.584. The maximum atomic E-state index is 11.6. The number of nitrogens with zero attached hydrogens (tertiary/aromatic N) is 5. The first-order chi connectivity index (χ1) is 11.5. The molecule has 0 saturated carbocycles. The van der Waals surface area contributed by atoms with E-state index in [0.717, 1.165) is 17.0 Å². The molecule has 0 radical (unpaired) electrons. The van der Waals surface area contributed by atoms with Crippen LogP contribution >= 0.6 is 0 Å². The van der Waals surface area contributed by atoms with Gasteiger partial charge in [-0.05, 0) is 39.0 Å². The predicted octanol–water partition coefficient (Wildman–Crippen LogP) is 3.24. The van der Waals surface area contributed by atoms with E-state index in [1.165, 1.54) is 11.0 Å². The van der Waals surface area contributed by atoms with Gasteiger partial charge >= 0.3 is 5.69 Å². The second-order valence-electron chi connectivity index (χ2n) is 5.48. The third kappa shape index (κ3) is 2.94. The summed E-state index contributed by atoms with van der Waals surface area (Å²) in [4.78, 5) is 19.2. The molecule has 0 aliphatic heterocycles. The summed E-state index contributed by atoms with van der Waals surface area (Å²) in [5, 5.41) is 18.9. The fourth-order valence-electron chi connectivity index (χ4n) is 2.40. The Morgan fingerprint density at radius 3 is 2.42 bits per heavy atom. The van der Waals surface area contributed by atoms with Crippen molar-refractivity contribution >= 4 is 17.2 Å². The summed E-state index contributed by atoms with van der Waals surface area (Å²) in [6, 6.07) is 9.34. The zero-order valence-electron chi connectivity index (χ0n) is 13.5. The van der Waals surface area contributed by atoms with E-state index < -0.39 is 4.92 Å². The van der Waals surface area contributed by atoms with E-state index in [1.807, 2.05) is 51.1 Å². The first kappa shape index (κ1) is 15.6. The lowest BCUT2D eigenvalue weighted by molar-refractivity contribution is -0.384. The summed E-state index contributed by atoms with van der Waals surface area (Å²) in [5.74, 6) is 0.261. The summed E-state index contributed by atoms with van der Waals surface area (Å²) in [7, 11) is 0. The van der Waals surface area contributed by atoms with Crippen LogP contribution in [0.4, 0.5) is 17.2 Å². The van der Waals surface area contributed by atoms with Gasteiger partial charge in [0.2, 0.25) is 11.6 Å². The van der Waals surface area contributed by atoms with Crippen LogP contribution in [0.5, 0.6) is 0 Å². The minimum absolute atomic E-state index is 0.126. The molecular weight excluding hydrogens is 308 g/mol. The van der Waals surface area contributed by atoms with Gasteiger partial charge in [-0.1, -0.05) is 17.7 Å². The van der Waals surface area contributed by atoms with Crippen LogP contribution in [0.2, 0.25) is 0 Å². The van der Waals surface area contributed by atoms with Gasteiger partial charge in [-0.25, -0.2) is 14.6 Å². The molecule has 1 N–H and O–H groups in total. The topological polar surface area (TPSA) is 98.8 Å². The molecule has 1 aromatic carbocycles. The molecular formula is C16H16N6O2. The number of aromatic nitrogens is 4. The Kier molecular flexibility index (Phi) is 3.95. The number of rotatable bonds is 4. The zero-order valence-corrected chi connectivity index (χ0v) is 13.5. The number of benzene rings is 1. The van der Waals surface area contributed by atoms with Crippen LogP contribution < -0.4 is 5.32 Å². The maximum Gasteiger partial charge on any atom is 0.355 e. The van der Waals surface area contributed by atoms with Crippen molar-refractivity contribution in [2.75, 3.05) is 5.32 Å². The number of anilines is 2. The van der Waals surface area contributed by atoms with Crippen LogP contribution in [-0.2, 0) is 0 Å². The van der Waals surface area contributed by atoms with E-state index >= 15 is 0 Å². The summed E-state index contributed by atoms with van der Waals surface area (Å²) in [6.45, 7) is 5.61. The summed E-state index contributed by atoms with van der Waals surface area (Å²) in [6.07, 6.45) is 1.29. The van der Waals surface area contributed by atoms with Gasteiger partial charge in [0.15, 0.2) is 0 Å². The van der Waals surface area contributed by atoms with Gasteiger partial charge in [-0.3, -0.25) is 10.1 Å². The molecule has 0 spiro atoms. The summed E-state index contributed by atoms with van der Waals surface area (Å²) >= 11 is 0. The number of hydrogen-bond acceptors (Lipinski definition) is 6. The molecule has 0 amide bonds. The summed E-state index contributed by atoms with van der Waals surface area (Å²) < 4.78 is 1.45. The molecule has 0 saturated heterocycles. The van der Waals surface area contributed by atoms with Crippen LogP contribution in [-0.4, -0.2) is 24.7 Å². The van der Waals surface area contributed by atoms with Crippen molar-refractivity contribution in [1.29, 1.82) is 0 Å². The monoisotopic (exact) mass is 324 g/mol. The molecule has 0 fully saturated rings. The largest absolute Gasteiger partial charge is 0.355 e. The van der Waals surface area contributed by atoms with Crippen LogP contribution in [0.15, 0.2) is 36.7 Å². The Bertz CT molecular complexity index is 901. The van der Waals surface area contributed by atoms with Crippen molar-refractivity contribution in [3.05, 3.63) is 63.7 Å². The molecule has 3 aromatic rings. The standard InChI is InChI=1S/C16H16N6O2/c1-10-4-6-13(7-5-10)19-15-14(22(23)24)16(18-9-17-15)21-12(3)8-11(2)20-21/h4-9H,1-3H3,(H,17,18,19). The molecule has 0 aliphatic rings. The second kappa shape index (κ2) is 6.07. The van der Waals surface area contributed by atoms with Gasteiger partial charge in [0.1, 0.15) is 6.33 Å².